The van der Waals surface area contributed by atoms with Crippen LogP contribution in [-0.2, 0) is 0 Å². The molecule has 0 N–H and O–H groups in total. The second kappa shape index (κ2) is 8.18. The van der Waals surface area contributed by atoms with Gasteiger partial charge in [0.2, 0.25) is 0 Å². The fourth-order valence-electron chi connectivity index (χ4n) is 4.14. The summed E-state index contributed by atoms with van der Waals surface area (Å²) in [6.45, 7) is 2.61. The number of para-hydroxylation sites is 1. The summed E-state index contributed by atoms with van der Waals surface area (Å²) in [6, 6.07) is 15.5. The molecule has 1 saturated heterocycles. The summed E-state index contributed by atoms with van der Waals surface area (Å²) in [7, 11) is 0. The standard InChI is InChI=1S/C24H23N5O2/c1-17-9-10-19(31-23-8-4-5-18-11-12-25-15-21(18)23)16-28(17)24(30)20-6-2-3-7-22(20)29-26-13-14-27-29/h2-8,11-15,17,19H,9-10,16H2,1H3/t17-,19-/m0/s1. The molecule has 4 aromatic rings. The summed E-state index contributed by atoms with van der Waals surface area (Å²) in [6.07, 6.45) is 8.50. The number of benzene rings is 2. The van der Waals surface area contributed by atoms with Crippen LogP contribution in [-0.4, -0.2) is 49.5 Å². The van der Waals surface area contributed by atoms with Crippen LogP contribution in [0.15, 0.2) is 73.3 Å². The molecule has 0 radical (unpaired) electrons. The molecule has 7 nitrogen and oxygen atoms in total. The molecule has 31 heavy (non-hydrogen) atoms. The van der Waals surface area contributed by atoms with E-state index in [2.05, 4.69) is 22.1 Å². The lowest BCUT2D eigenvalue weighted by atomic mass is 9.99. The number of hydrogen-bond acceptors (Lipinski definition) is 5. The summed E-state index contributed by atoms with van der Waals surface area (Å²) in [4.78, 5) is 21.2. The molecular weight excluding hydrogens is 390 g/mol. The molecular formula is C24H23N5O2. The molecule has 1 aliphatic rings. The Labute approximate surface area is 180 Å². The lowest BCUT2D eigenvalue weighted by Crippen LogP contribution is -2.49. The highest BCUT2D eigenvalue weighted by molar-refractivity contribution is 5.98. The average molecular weight is 413 g/mol. The first kappa shape index (κ1) is 19.2. The van der Waals surface area contributed by atoms with E-state index in [4.69, 9.17) is 4.74 Å². The van der Waals surface area contributed by atoms with Crippen molar-refractivity contribution in [3.8, 4) is 11.4 Å². The molecule has 0 spiro atoms. The van der Waals surface area contributed by atoms with Gasteiger partial charge >= 0.3 is 0 Å². The van der Waals surface area contributed by atoms with Crippen molar-refractivity contribution in [2.24, 2.45) is 0 Å². The molecule has 156 valence electrons. The van der Waals surface area contributed by atoms with E-state index in [0.717, 1.165) is 29.4 Å². The zero-order valence-corrected chi connectivity index (χ0v) is 17.3. The van der Waals surface area contributed by atoms with Gasteiger partial charge in [-0.05, 0) is 49.4 Å². The van der Waals surface area contributed by atoms with Gasteiger partial charge in [0.15, 0.2) is 0 Å². The predicted molar refractivity (Wildman–Crippen MR) is 117 cm³/mol. The monoisotopic (exact) mass is 413 g/mol. The maximum absolute atomic E-state index is 13.5. The van der Waals surface area contributed by atoms with Crippen LogP contribution in [0, 0.1) is 0 Å². The molecule has 7 heteroatoms. The maximum Gasteiger partial charge on any atom is 0.256 e. The second-order valence-electron chi connectivity index (χ2n) is 7.81. The first-order chi connectivity index (χ1) is 15.2. The number of carbonyl (C=O) groups excluding carboxylic acids is 1. The van der Waals surface area contributed by atoms with Gasteiger partial charge in [-0.2, -0.15) is 15.0 Å². The molecule has 2 aromatic carbocycles. The van der Waals surface area contributed by atoms with E-state index in [1.807, 2.05) is 59.6 Å². The van der Waals surface area contributed by atoms with E-state index < -0.39 is 0 Å². The van der Waals surface area contributed by atoms with Crippen molar-refractivity contribution in [3.05, 3.63) is 78.9 Å². The molecule has 0 saturated carbocycles. The molecule has 3 heterocycles. The third kappa shape index (κ3) is 3.74. The predicted octanol–water partition coefficient (Wildman–Crippen LogP) is 3.89. The number of rotatable bonds is 4. The number of ether oxygens (including phenoxy) is 1. The Morgan fingerprint density at radius 1 is 1.00 bits per heavy atom. The lowest BCUT2D eigenvalue weighted by molar-refractivity contribution is 0.0388. The van der Waals surface area contributed by atoms with Crippen LogP contribution in [0.5, 0.6) is 5.75 Å². The fraction of sp³-hybridized carbons (Fsp3) is 0.250. The Morgan fingerprint density at radius 2 is 1.84 bits per heavy atom. The second-order valence-corrected chi connectivity index (χ2v) is 7.81. The number of nitrogens with zero attached hydrogens (tertiary/aromatic N) is 5. The summed E-state index contributed by atoms with van der Waals surface area (Å²) >= 11 is 0. The van der Waals surface area contributed by atoms with Crippen molar-refractivity contribution in [1.82, 2.24) is 24.9 Å². The van der Waals surface area contributed by atoms with Crippen LogP contribution in [0.3, 0.4) is 0 Å². The largest absolute Gasteiger partial charge is 0.488 e. The SMILES string of the molecule is C[C@H]1CC[C@H](Oc2cccc3ccncc23)CN1C(=O)c1ccccc1-n1nccn1. The lowest BCUT2D eigenvalue weighted by Gasteiger charge is -2.38. The van der Waals surface area contributed by atoms with Gasteiger partial charge in [-0.15, -0.1) is 0 Å². The molecule has 1 fully saturated rings. The quantitative estimate of drug-likeness (QED) is 0.508. The molecule has 1 amide bonds. The Bertz CT molecular complexity index is 1200. The Balaban J connectivity index is 1.40. The maximum atomic E-state index is 13.5. The molecule has 5 rings (SSSR count). The van der Waals surface area contributed by atoms with E-state index in [9.17, 15) is 4.79 Å². The first-order valence-electron chi connectivity index (χ1n) is 10.5. The summed E-state index contributed by atoms with van der Waals surface area (Å²) < 4.78 is 6.37. The van der Waals surface area contributed by atoms with Gasteiger partial charge in [0, 0.05) is 23.8 Å². The Kier molecular flexibility index (Phi) is 5.08. The van der Waals surface area contributed by atoms with Gasteiger partial charge in [-0.1, -0.05) is 24.3 Å². The summed E-state index contributed by atoms with van der Waals surface area (Å²) in [5, 5.41) is 10.5. The highest BCUT2D eigenvalue weighted by atomic mass is 16.5. The van der Waals surface area contributed by atoms with E-state index in [0.29, 0.717) is 17.8 Å². The van der Waals surface area contributed by atoms with E-state index in [1.165, 1.54) is 4.80 Å². The number of piperidine rings is 1. The molecule has 2 aromatic heterocycles. The van der Waals surface area contributed by atoms with Crippen LogP contribution < -0.4 is 4.74 Å². The minimum Gasteiger partial charge on any atom is -0.488 e. The van der Waals surface area contributed by atoms with Crippen molar-refractivity contribution < 1.29 is 9.53 Å². The summed E-state index contributed by atoms with van der Waals surface area (Å²) in [5.74, 6) is 0.770. The number of aromatic nitrogens is 4. The van der Waals surface area contributed by atoms with Crippen LogP contribution in [0.1, 0.15) is 30.1 Å². The highest BCUT2D eigenvalue weighted by Crippen LogP contribution is 2.29. The van der Waals surface area contributed by atoms with Crippen LogP contribution in [0.4, 0.5) is 0 Å². The molecule has 0 aliphatic carbocycles. The minimum absolute atomic E-state index is 0.0340. The van der Waals surface area contributed by atoms with E-state index in [-0.39, 0.29) is 18.1 Å². The number of amides is 1. The van der Waals surface area contributed by atoms with Gasteiger partial charge in [0.1, 0.15) is 11.9 Å². The smallest absolute Gasteiger partial charge is 0.256 e. The molecule has 0 bridgehead atoms. The minimum atomic E-state index is -0.0825. The number of carbonyl (C=O) groups is 1. The third-order valence-electron chi connectivity index (χ3n) is 5.81. The van der Waals surface area contributed by atoms with Crippen LogP contribution in [0.25, 0.3) is 16.5 Å². The van der Waals surface area contributed by atoms with Gasteiger partial charge in [0.25, 0.3) is 5.91 Å². The number of pyridine rings is 1. The molecule has 2 atom stereocenters. The van der Waals surface area contributed by atoms with Crippen molar-refractivity contribution in [1.29, 1.82) is 0 Å². The van der Waals surface area contributed by atoms with Crippen molar-refractivity contribution in [2.45, 2.75) is 31.9 Å². The topological polar surface area (TPSA) is 73.1 Å². The van der Waals surface area contributed by atoms with Crippen molar-refractivity contribution >= 4 is 16.7 Å². The Morgan fingerprint density at radius 3 is 2.71 bits per heavy atom. The molecule has 1 aliphatic heterocycles. The van der Waals surface area contributed by atoms with Gasteiger partial charge in [-0.3, -0.25) is 9.78 Å². The average Bonchev–Trinajstić information content (AvgIpc) is 3.35. The van der Waals surface area contributed by atoms with Gasteiger partial charge in [-0.25, -0.2) is 0 Å². The zero-order chi connectivity index (χ0) is 21.2. The molecule has 0 unspecified atom stereocenters. The number of likely N-dealkylation sites (tertiary alicyclic amines) is 1. The van der Waals surface area contributed by atoms with Crippen molar-refractivity contribution in [2.75, 3.05) is 6.54 Å². The fourth-order valence-corrected chi connectivity index (χ4v) is 4.14. The van der Waals surface area contributed by atoms with E-state index in [1.54, 1.807) is 18.6 Å². The van der Waals surface area contributed by atoms with Crippen LogP contribution >= 0.6 is 0 Å². The summed E-state index contributed by atoms with van der Waals surface area (Å²) in [5.41, 5.74) is 1.26. The Hall–Kier alpha value is -3.74. The normalized spacial score (nSPS) is 18.8. The zero-order valence-electron chi connectivity index (χ0n) is 17.3. The third-order valence-corrected chi connectivity index (χ3v) is 5.81. The van der Waals surface area contributed by atoms with Crippen molar-refractivity contribution in [3.63, 3.8) is 0 Å². The van der Waals surface area contributed by atoms with E-state index >= 15 is 0 Å². The first-order valence-corrected chi connectivity index (χ1v) is 10.5. The van der Waals surface area contributed by atoms with Gasteiger partial charge in [0.05, 0.1) is 30.2 Å². The van der Waals surface area contributed by atoms with Gasteiger partial charge < -0.3 is 9.64 Å². The number of fused-ring (bicyclic) bond motifs is 1. The number of hydrogen-bond donors (Lipinski definition) is 0. The highest BCUT2D eigenvalue weighted by Gasteiger charge is 2.32. The van der Waals surface area contributed by atoms with Crippen LogP contribution in [0.2, 0.25) is 0 Å².